The molecule has 1 aromatic carbocycles. The third-order valence-corrected chi connectivity index (χ3v) is 4.89. The second-order valence-corrected chi connectivity index (χ2v) is 6.66. The zero-order chi connectivity index (χ0) is 18.5. The highest BCUT2D eigenvalue weighted by atomic mass is 16.5. The van der Waals surface area contributed by atoms with Crippen molar-refractivity contribution in [1.82, 2.24) is 14.7 Å². The van der Waals surface area contributed by atoms with Crippen LogP contribution in [0.2, 0.25) is 0 Å². The van der Waals surface area contributed by atoms with Crippen LogP contribution in [0.3, 0.4) is 0 Å². The summed E-state index contributed by atoms with van der Waals surface area (Å²) in [6.45, 7) is 6.17. The van der Waals surface area contributed by atoms with Gasteiger partial charge in [-0.05, 0) is 36.5 Å². The van der Waals surface area contributed by atoms with E-state index in [1.807, 2.05) is 22.9 Å². The van der Waals surface area contributed by atoms with Gasteiger partial charge in [-0.15, -0.1) is 0 Å². The fraction of sp³-hybridized carbons (Fsp3) is 0.450. The summed E-state index contributed by atoms with van der Waals surface area (Å²) in [6, 6.07) is 11.7. The first-order chi connectivity index (χ1) is 12.6. The molecule has 3 rings (SSSR count). The summed E-state index contributed by atoms with van der Waals surface area (Å²) in [5.74, 6) is 1.12. The number of aromatic nitrogens is 2. The van der Waals surface area contributed by atoms with Crippen LogP contribution >= 0.6 is 0 Å². The number of para-hydroxylation sites is 1. The van der Waals surface area contributed by atoms with Crippen LogP contribution in [-0.2, 0) is 17.9 Å². The SMILES string of the molecule is CC[C@@H](C)c1ccccc1OCC(=O)N1CCCn2nc(C#N)cc2C1. The number of aryl methyl sites for hydroxylation is 1. The maximum Gasteiger partial charge on any atom is 0.260 e. The Bertz CT molecular complexity index is 821. The molecule has 6 nitrogen and oxygen atoms in total. The molecule has 0 N–H and O–H groups in total. The summed E-state index contributed by atoms with van der Waals surface area (Å²) in [6.07, 6.45) is 1.83. The summed E-state index contributed by atoms with van der Waals surface area (Å²) < 4.78 is 7.69. The molecule has 0 saturated carbocycles. The Morgan fingerprint density at radius 3 is 2.96 bits per heavy atom. The van der Waals surface area contributed by atoms with E-state index in [0.717, 1.165) is 36.4 Å². The Labute approximate surface area is 154 Å². The molecule has 136 valence electrons. The van der Waals surface area contributed by atoms with Crippen LogP contribution in [0.4, 0.5) is 0 Å². The topological polar surface area (TPSA) is 71.2 Å². The highest BCUT2D eigenvalue weighted by Crippen LogP contribution is 2.28. The van der Waals surface area contributed by atoms with Crippen molar-refractivity contribution in [3.05, 3.63) is 47.3 Å². The summed E-state index contributed by atoms with van der Waals surface area (Å²) in [5, 5.41) is 13.3. The molecule has 0 spiro atoms. The molecule has 1 amide bonds. The van der Waals surface area contributed by atoms with Gasteiger partial charge in [0.1, 0.15) is 11.8 Å². The number of carbonyl (C=O) groups excluding carboxylic acids is 1. The van der Waals surface area contributed by atoms with E-state index in [2.05, 4.69) is 31.1 Å². The lowest BCUT2D eigenvalue weighted by molar-refractivity contribution is -0.134. The van der Waals surface area contributed by atoms with Crippen molar-refractivity contribution < 1.29 is 9.53 Å². The third-order valence-electron chi connectivity index (χ3n) is 4.89. The van der Waals surface area contributed by atoms with Gasteiger partial charge in [0.25, 0.3) is 5.91 Å². The Morgan fingerprint density at radius 1 is 1.38 bits per heavy atom. The van der Waals surface area contributed by atoms with Crippen LogP contribution in [0.1, 0.15) is 49.6 Å². The molecule has 2 heterocycles. The number of benzene rings is 1. The van der Waals surface area contributed by atoms with Crippen molar-refractivity contribution in [2.75, 3.05) is 13.2 Å². The van der Waals surface area contributed by atoms with Crippen molar-refractivity contribution in [2.45, 2.75) is 45.7 Å². The average molecular weight is 352 g/mol. The fourth-order valence-electron chi connectivity index (χ4n) is 3.20. The van der Waals surface area contributed by atoms with Gasteiger partial charge in [-0.3, -0.25) is 9.48 Å². The summed E-state index contributed by atoms with van der Waals surface area (Å²) in [5.41, 5.74) is 2.43. The Hall–Kier alpha value is -2.81. The van der Waals surface area contributed by atoms with Crippen LogP contribution in [0, 0.1) is 11.3 Å². The van der Waals surface area contributed by atoms with Crippen molar-refractivity contribution in [1.29, 1.82) is 5.26 Å². The Kier molecular flexibility index (Phi) is 5.57. The molecule has 0 saturated heterocycles. The fourth-order valence-corrected chi connectivity index (χ4v) is 3.20. The minimum Gasteiger partial charge on any atom is -0.483 e. The smallest absolute Gasteiger partial charge is 0.260 e. The third kappa shape index (κ3) is 3.88. The molecule has 0 radical (unpaired) electrons. The van der Waals surface area contributed by atoms with E-state index < -0.39 is 0 Å². The molecule has 6 heteroatoms. The normalized spacial score (nSPS) is 14.9. The molecular formula is C20H24N4O2. The van der Waals surface area contributed by atoms with Crippen molar-refractivity contribution >= 4 is 5.91 Å². The first kappa shape index (κ1) is 18.0. The number of rotatable bonds is 5. The molecule has 0 fully saturated rings. The monoisotopic (exact) mass is 352 g/mol. The van der Waals surface area contributed by atoms with Crippen LogP contribution in [-0.4, -0.2) is 33.7 Å². The molecule has 2 aromatic rings. The summed E-state index contributed by atoms with van der Waals surface area (Å²) in [4.78, 5) is 14.5. The van der Waals surface area contributed by atoms with Crippen molar-refractivity contribution in [3.8, 4) is 11.8 Å². The molecule has 1 aromatic heterocycles. The van der Waals surface area contributed by atoms with Crippen LogP contribution in [0.25, 0.3) is 0 Å². The Morgan fingerprint density at radius 2 is 2.19 bits per heavy atom. The van der Waals surface area contributed by atoms with E-state index in [1.165, 1.54) is 0 Å². The van der Waals surface area contributed by atoms with E-state index in [1.54, 1.807) is 11.0 Å². The maximum absolute atomic E-state index is 12.7. The van der Waals surface area contributed by atoms with E-state index >= 15 is 0 Å². The zero-order valence-corrected chi connectivity index (χ0v) is 15.3. The lowest BCUT2D eigenvalue weighted by atomic mass is 9.98. The van der Waals surface area contributed by atoms with E-state index in [4.69, 9.17) is 10.00 Å². The predicted molar refractivity (Wildman–Crippen MR) is 97.6 cm³/mol. The van der Waals surface area contributed by atoms with Crippen LogP contribution < -0.4 is 4.74 Å². The lowest BCUT2D eigenvalue weighted by Gasteiger charge is -2.21. The number of carbonyl (C=O) groups is 1. The molecule has 1 aliphatic heterocycles. The average Bonchev–Trinajstić information content (AvgIpc) is 2.96. The second-order valence-electron chi connectivity index (χ2n) is 6.66. The minimum atomic E-state index is -0.0443. The molecule has 26 heavy (non-hydrogen) atoms. The number of ether oxygens (including phenoxy) is 1. The van der Waals surface area contributed by atoms with Gasteiger partial charge in [-0.2, -0.15) is 10.4 Å². The van der Waals surface area contributed by atoms with Gasteiger partial charge < -0.3 is 9.64 Å². The summed E-state index contributed by atoms with van der Waals surface area (Å²) in [7, 11) is 0. The first-order valence-corrected chi connectivity index (χ1v) is 9.08. The molecule has 0 unspecified atom stereocenters. The summed E-state index contributed by atoms with van der Waals surface area (Å²) >= 11 is 0. The van der Waals surface area contributed by atoms with E-state index in [0.29, 0.717) is 24.7 Å². The van der Waals surface area contributed by atoms with Gasteiger partial charge in [-0.25, -0.2) is 0 Å². The van der Waals surface area contributed by atoms with Gasteiger partial charge in [-0.1, -0.05) is 32.0 Å². The number of amides is 1. The highest BCUT2D eigenvalue weighted by Gasteiger charge is 2.21. The molecular weight excluding hydrogens is 328 g/mol. The number of nitrogens with zero attached hydrogens (tertiary/aromatic N) is 4. The van der Waals surface area contributed by atoms with Gasteiger partial charge >= 0.3 is 0 Å². The molecule has 0 aliphatic carbocycles. The number of nitriles is 1. The molecule has 0 bridgehead atoms. The number of hydrogen-bond acceptors (Lipinski definition) is 4. The zero-order valence-electron chi connectivity index (χ0n) is 15.3. The van der Waals surface area contributed by atoms with E-state index in [9.17, 15) is 4.79 Å². The van der Waals surface area contributed by atoms with Gasteiger partial charge in [0.05, 0.1) is 12.2 Å². The highest BCUT2D eigenvalue weighted by molar-refractivity contribution is 5.77. The molecule has 1 aliphatic rings. The standard InChI is InChI=1S/C20H24N4O2/c1-3-15(2)18-7-4-5-8-19(18)26-14-20(25)23-9-6-10-24-17(13-23)11-16(12-21)22-24/h4-5,7-8,11,15H,3,6,9-10,13-14H2,1-2H3/t15-/m1/s1. The first-order valence-electron chi connectivity index (χ1n) is 9.08. The van der Waals surface area contributed by atoms with Crippen LogP contribution in [0.5, 0.6) is 5.75 Å². The lowest BCUT2D eigenvalue weighted by Crippen LogP contribution is -2.34. The van der Waals surface area contributed by atoms with Gasteiger partial charge in [0.15, 0.2) is 12.3 Å². The largest absolute Gasteiger partial charge is 0.483 e. The second kappa shape index (κ2) is 8.05. The minimum absolute atomic E-state index is 0.0205. The van der Waals surface area contributed by atoms with E-state index in [-0.39, 0.29) is 12.5 Å². The van der Waals surface area contributed by atoms with Crippen LogP contribution in [0.15, 0.2) is 30.3 Å². The predicted octanol–water partition coefficient (Wildman–Crippen LogP) is 3.08. The number of hydrogen-bond donors (Lipinski definition) is 0. The van der Waals surface area contributed by atoms with Crippen molar-refractivity contribution in [2.24, 2.45) is 0 Å². The van der Waals surface area contributed by atoms with Gasteiger partial charge in [0.2, 0.25) is 0 Å². The van der Waals surface area contributed by atoms with Gasteiger partial charge in [0, 0.05) is 13.1 Å². The number of fused-ring (bicyclic) bond motifs is 1. The molecule has 1 atom stereocenters. The quantitative estimate of drug-likeness (QED) is 0.829. The Balaban J connectivity index is 1.66. The maximum atomic E-state index is 12.7. The van der Waals surface area contributed by atoms with Crippen molar-refractivity contribution in [3.63, 3.8) is 0 Å².